The van der Waals surface area contributed by atoms with Crippen LogP contribution in [0.3, 0.4) is 0 Å². The van der Waals surface area contributed by atoms with Crippen molar-refractivity contribution in [2.45, 2.75) is 19.8 Å². The van der Waals surface area contributed by atoms with Gasteiger partial charge in [0.15, 0.2) is 0 Å². The number of rotatable bonds is 2. The molecule has 0 spiro atoms. The highest BCUT2D eigenvalue weighted by Crippen LogP contribution is 2.28. The normalized spacial score (nSPS) is 10.2. The molecule has 0 aliphatic carbocycles. The number of nitriles is 1. The Morgan fingerprint density at radius 2 is 1.59 bits per heavy atom. The molecule has 0 heterocycles. The maximum absolute atomic E-state index is 8.79. The van der Waals surface area contributed by atoms with Gasteiger partial charge < -0.3 is 0 Å². The molecular weight excluding hydrogens is 206 g/mol. The van der Waals surface area contributed by atoms with Crippen molar-refractivity contribution >= 4 is 0 Å². The third kappa shape index (κ3) is 2.37. The maximum atomic E-state index is 8.79. The van der Waals surface area contributed by atoms with E-state index in [0.29, 0.717) is 11.5 Å². The summed E-state index contributed by atoms with van der Waals surface area (Å²) in [6, 6.07) is 18.3. The Labute approximate surface area is 102 Å². The van der Waals surface area contributed by atoms with Crippen LogP contribution >= 0.6 is 0 Å². The fourth-order valence-corrected chi connectivity index (χ4v) is 1.99. The molecule has 17 heavy (non-hydrogen) atoms. The van der Waals surface area contributed by atoms with E-state index in [-0.39, 0.29) is 0 Å². The van der Waals surface area contributed by atoms with E-state index in [2.05, 4.69) is 44.2 Å². The lowest BCUT2D eigenvalue weighted by molar-refractivity contribution is 0.869. The molecule has 2 rings (SSSR count). The Kier molecular flexibility index (Phi) is 3.25. The summed E-state index contributed by atoms with van der Waals surface area (Å²) in [7, 11) is 0. The summed E-state index contributed by atoms with van der Waals surface area (Å²) >= 11 is 0. The molecule has 0 unspecified atom stereocenters. The van der Waals surface area contributed by atoms with Crippen LogP contribution in [0.5, 0.6) is 0 Å². The molecule has 0 saturated carbocycles. The van der Waals surface area contributed by atoms with E-state index in [0.717, 1.165) is 0 Å². The fourth-order valence-electron chi connectivity index (χ4n) is 1.99. The monoisotopic (exact) mass is 221 g/mol. The van der Waals surface area contributed by atoms with Gasteiger partial charge in [-0.3, -0.25) is 0 Å². The van der Waals surface area contributed by atoms with Crippen molar-refractivity contribution in [3.8, 4) is 17.2 Å². The van der Waals surface area contributed by atoms with Crippen molar-refractivity contribution in [3.63, 3.8) is 0 Å². The Bertz CT molecular complexity index is 544. The summed E-state index contributed by atoms with van der Waals surface area (Å²) in [4.78, 5) is 0. The molecule has 1 heteroatoms. The lowest BCUT2D eigenvalue weighted by Gasteiger charge is -2.12. The Hall–Kier alpha value is -2.07. The van der Waals surface area contributed by atoms with Crippen molar-refractivity contribution in [2.24, 2.45) is 0 Å². The van der Waals surface area contributed by atoms with Gasteiger partial charge in [-0.25, -0.2) is 0 Å². The standard InChI is InChI=1S/C16H15N/c1-12(2)15-5-3-4-6-16(15)14-9-7-13(11-17)8-10-14/h3-10,12H,1-2H3. The predicted octanol–water partition coefficient (Wildman–Crippen LogP) is 4.35. The van der Waals surface area contributed by atoms with Gasteiger partial charge in [0.05, 0.1) is 11.6 Å². The van der Waals surface area contributed by atoms with Gasteiger partial charge in [0.1, 0.15) is 0 Å². The van der Waals surface area contributed by atoms with Crippen molar-refractivity contribution in [1.82, 2.24) is 0 Å². The van der Waals surface area contributed by atoms with Crippen LogP contribution in [0.1, 0.15) is 30.9 Å². The van der Waals surface area contributed by atoms with E-state index in [4.69, 9.17) is 5.26 Å². The van der Waals surface area contributed by atoms with Gasteiger partial charge in [0, 0.05) is 0 Å². The van der Waals surface area contributed by atoms with E-state index >= 15 is 0 Å². The molecule has 0 aliphatic heterocycles. The van der Waals surface area contributed by atoms with Gasteiger partial charge in [-0.15, -0.1) is 0 Å². The topological polar surface area (TPSA) is 23.8 Å². The van der Waals surface area contributed by atoms with Gasteiger partial charge in [0.2, 0.25) is 0 Å². The first kappa shape index (κ1) is 11.4. The van der Waals surface area contributed by atoms with E-state index in [9.17, 15) is 0 Å². The Morgan fingerprint density at radius 1 is 0.941 bits per heavy atom. The molecule has 2 aromatic carbocycles. The Morgan fingerprint density at radius 3 is 2.18 bits per heavy atom. The van der Waals surface area contributed by atoms with Crippen molar-refractivity contribution in [2.75, 3.05) is 0 Å². The van der Waals surface area contributed by atoms with Crippen LogP contribution in [0.2, 0.25) is 0 Å². The summed E-state index contributed by atoms with van der Waals surface area (Å²) in [5.74, 6) is 0.502. The summed E-state index contributed by atoms with van der Waals surface area (Å²) in [5, 5.41) is 8.79. The van der Waals surface area contributed by atoms with Gasteiger partial charge >= 0.3 is 0 Å². The molecule has 0 bridgehead atoms. The van der Waals surface area contributed by atoms with Crippen LogP contribution in [0.25, 0.3) is 11.1 Å². The molecule has 0 N–H and O–H groups in total. The number of hydrogen-bond acceptors (Lipinski definition) is 1. The zero-order chi connectivity index (χ0) is 12.3. The van der Waals surface area contributed by atoms with Crippen molar-refractivity contribution < 1.29 is 0 Å². The van der Waals surface area contributed by atoms with Crippen LogP contribution in [-0.4, -0.2) is 0 Å². The van der Waals surface area contributed by atoms with Crippen LogP contribution in [0.4, 0.5) is 0 Å². The zero-order valence-corrected chi connectivity index (χ0v) is 10.1. The highest BCUT2D eigenvalue weighted by molar-refractivity contribution is 5.68. The predicted molar refractivity (Wildman–Crippen MR) is 70.7 cm³/mol. The number of hydrogen-bond donors (Lipinski definition) is 0. The zero-order valence-electron chi connectivity index (χ0n) is 10.1. The second-order valence-corrected chi connectivity index (χ2v) is 4.43. The van der Waals surface area contributed by atoms with Crippen molar-refractivity contribution in [1.29, 1.82) is 5.26 Å². The van der Waals surface area contributed by atoms with E-state index in [1.54, 1.807) is 0 Å². The minimum absolute atomic E-state index is 0.502. The minimum atomic E-state index is 0.502. The first-order valence-corrected chi connectivity index (χ1v) is 5.82. The second kappa shape index (κ2) is 4.84. The minimum Gasteiger partial charge on any atom is -0.192 e. The lowest BCUT2D eigenvalue weighted by atomic mass is 9.92. The van der Waals surface area contributed by atoms with Crippen LogP contribution < -0.4 is 0 Å². The molecule has 0 fully saturated rings. The SMILES string of the molecule is CC(C)c1ccccc1-c1ccc(C#N)cc1. The first-order valence-electron chi connectivity index (χ1n) is 5.82. The van der Waals surface area contributed by atoms with Gasteiger partial charge in [-0.2, -0.15) is 5.26 Å². The highest BCUT2D eigenvalue weighted by atomic mass is 14.2. The summed E-state index contributed by atoms with van der Waals surface area (Å²) in [6.07, 6.45) is 0. The molecule has 2 aromatic rings. The molecule has 0 atom stereocenters. The molecule has 84 valence electrons. The first-order chi connectivity index (χ1) is 8.22. The van der Waals surface area contributed by atoms with Gasteiger partial charge in [0.25, 0.3) is 0 Å². The summed E-state index contributed by atoms with van der Waals surface area (Å²) < 4.78 is 0. The average Bonchev–Trinajstić information content (AvgIpc) is 2.39. The van der Waals surface area contributed by atoms with E-state index < -0.39 is 0 Å². The molecule has 0 amide bonds. The van der Waals surface area contributed by atoms with E-state index in [1.807, 2.05) is 24.3 Å². The number of benzene rings is 2. The second-order valence-electron chi connectivity index (χ2n) is 4.43. The van der Waals surface area contributed by atoms with Crippen molar-refractivity contribution in [3.05, 3.63) is 59.7 Å². The summed E-state index contributed by atoms with van der Waals surface area (Å²) in [5.41, 5.74) is 4.48. The molecule has 0 aromatic heterocycles. The van der Waals surface area contributed by atoms with E-state index in [1.165, 1.54) is 16.7 Å². The van der Waals surface area contributed by atoms with Gasteiger partial charge in [-0.05, 0) is 34.7 Å². The summed E-state index contributed by atoms with van der Waals surface area (Å²) in [6.45, 7) is 4.39. The van der Waals surface area contributed by atoms with Crippen LogP contribution in [-0.2, 0) is 0 Å². The largest absolute Gasteiger partial charge is 0.192 e. The van der Waals surface area contributed by atoms with Crippen LogP contribution in [0, 0.1) is 11.3 Å². The van der Waals surface area contributed by atoms with Crippen LogP contribution in [0.15, 0.2) is 48.5 Å². The third-order valence-electron chi connectivity index (χ3n) is 2.91. The fraction of sp³-hybridized carbons (Fsp3) is 0.188. The molecular formula is C16H15N. The lowest BCUT2D eigenvalue weighted by Crippen LogP contribution is -1.91. The van der Waals surface area contributed by atoms with Gasteiger partial charge in [-0.1, -0.05) is 50.2 Å². The quantitative estimate of drug-likeness (QED) is 0.739. The molecule has 0 saturated heterocycles. The molecule has 1 nitrogen and oxygen atoms in total. The maximum Gasteiger partial charge on any atom is 0.0991 e. The third-order valence-corrected chi connectivity index (χ3v) is 2.91. The number of nitrogens with zero attached hydrogens (tertiary/aromatic N) is 1. The highest BCUT2D eigenvalue weighted by Gasteiger charge is 2.07. The average molecular weight is 221 g/mol. The molecule has 0 radical (unpaired) electrons. The smallest absolute Gasteiger partial charge is 0.0991 e. The molecule has 0 aliphatic rings. The Balaban J connectivity index is 2.49.